The van der Waals surface area contributed by atoms with Crippen LogP contribution in [0.25, 0.3) is 0 Å². The third kappa shape index (κ3) is 5.29. The van der Waals surface area contributed by atoms with Crippen LogP contribution in [0.2, 0.25) is 0 Å². The third-order valence-electron chi connectivity index (χ3n) is 4.62. The fraction of sp³-hybridized carbons (Fsp3) is 0.208. The van der Waals surface area contributed by atoms with E-state index in [0.717, 1.165) is 23.2 Å². The van der Waals surface area contributed by atoms with Crippen LogP contribution in [0.1, 0.15) is 39.0 Å². The maximum absolute atomic E-state index is 13.0. The van der Waals surface area contributed by atoms with Crippen LogP contribution in [0.15, 0.2) is 72.8 Å². The number of hydrogen-bond acceptors (Lipinski definition) is 3. The smallest absolute Gasteiger partial charge is 0.276 e. The van der Waals surface area contributed by atoms with Crippen LogP contribution < -0.4 is 10.2 Å². The van der Waals surface area contributed by atoms with Crippen molar-refractivity contribution in [3.05, 3.63) is 95.3 Å². The van der Waals surface area contributed by atoms with Crippen LogP contribution in [0, 0.1) is 6.92 Å². The predicted octanol–water partition coefficient (Wildman–Crippen LogP) is 4.03. The van der Waals surface area contributed by atoms with Gasteiger partial charge in [-0.3, -0.25) is 9.59 Å². The first kappa shape index (κ1) is 20.3. The number of hydrogen-bond donors (Lipinski definition) is 1. The molecule has 0 saturated heterocycles. The number of carbonyl (C=O) groups excluding carboxylic acids is 2. The number of carbonyl (C=O) groups is 2. The second-order valence-corrected chi connectivity index (χ2v) is 6.79. The standard InChI is InChI=1S/C24H25N3O2/c1-3-27(20-12-7-9-18(2)17-20)24(29)22-14-8-13-21(26-22)23(28)25-16-15-19-10-5-4-6-11-19/h4-14,17H,3,15-16H2,1-2H3,(H,25,28). The van der Waals surface area contributed by atoms with E-state index in [1.54, 1.807) is 23.1 Å². The van der Waals surface area contributed by atoms with Gasteiger partial charge in [-0.2, -0.15) is 0 Å². The highest BCUT2D eigenvalue weighted by atomic mass is 16.2. The fourth-order valence-corrected chi connectivity index (χ4v) is 3.11. The van der Waals surface area contributed by atoms with Gasteiger partial charge in [0.25, 0.3) is 11.8 Å². The Kier molecular flexibility index (Phi) is 6.74. The molecule has 2 amide bonds. The van der Waals surface area contributed by atoms with Crippen molar-refractivity contribution >= 4 is 17.5 Å². The summed E-state index contributed by atoms with van der Waals surface area (Å²) >= 11 is 0. The van der Waals surface area contributed by atoms with Gasteiger partial charge >= 0.3 is 0 Å². The molecular weight excluding hydrogens is 362 g/mol. The molecule has 1 aromatic heterocycles. The van der Waals surface area contributed by atoms with Gasteiger partial charge in [0.05, 0.1) is 0 Å². The van der Waals surface area contributed by atoms with Gasteiger partial charge in [0.2, 0.25) is 0 Å². The first-order chi connectivity index (χ1) is 14.1. The van der Waals surface area contributed by atoms with E-state index in [4.69, 9.17) is 0 Å². The number of rotatable bonds is 7. The predicted molar refractivity (Wildman–Crippen MR) is 115 cm³/mol. The number of nitrogens with zero attached hydrogens (tertiary/aromatic N) is 2. The molecule has 148 valence electrons. The molecule has 0 aliphatic rings. The molecule has 0 atom stereocenters. The Morgan fingerprint density at radius 3 is 2.38 bits per heavy atom. The summed E-state index contributed by atoms with van der Waals surface area (Å²) in [6.45, 7) is 4.92. The summed E-state index contributed by atoms with van der Waals surface area (Å²) in [5.41, 5.74) is 3.54. The molecule has 0 saturated carbocycles. The van der Waals surface area contributed by atoms with Crippen molar-refractivity contribution in [2.45, 2.75) is 20.3 Å². The molecule has 5 heteroatoms. The first-order valence-electron chi connectivity index (χ1n) is 9.76. The molecule has 5 nitrogen and oxygen atoms in total. The molecule has 29 heavy (non-hydrogen) atoms. The lowest BCUT2D eigenvalue weighted by atomic mass is 10.1. The van der Waals surface area contributed by atoms with Crippen LogP contribution in [0.5, 0.6) is 0 Å². The minimum atomic E-state index is -0.283. The summed E-state index contributed by atoms with van der Waals surface area (Å²) in [5.74, 6) is -0.508. The van der Waals surface area contributed by atoms with Crippen LogP contribution >= 0.6 is 0 Å². The highest BCUT2D eigenvalue weighted by molar-refractivity contribution is 6.05. The number of anilines is 1. The second kappa shape index (κ2) is 9.64. The average molecular weight is 387 g/mol. The van der Waals surface area contributed by atoms with Gasteiger partial charge in [-0.1, -0.05) is 48.5 Å². The van der Waals surface area contributed by atoms with Crippen molar-refractivity contribution in [1.82, 2.24) is 10.3 Å². The Morgan fingerprint density at radius 1 is 0.931 bits per heavy atom. The lowest BCUT2D eigenvalue weighted by Crippen LogP contribution is -2.32. The van der Waals surface area contributed by atoms with E-state index in [0.29, 0.717) is 13.1 Å². The summed E-state index contributed by atoms with van der Waals surface area (Å²) in [6.07, 6.45) is 0.738. The Labute approximate surface area is 171 Å². The van der Waals surface area contributed by atoms with E-state index in [9.17, 15) is 9.59 Å². The third-order valence-corrected chi connectivity index (χ3v) is 4.62. The molecule has 0 bridgehead atoms. The Bertz CT molecular complexity index is 986. The Balaban J connectivity index is 1.69. The van der Waals surface area contributed by atoms with Crippen molar-refractivity contribution in [2.24, 2.45) is 0 Å². The van der Waals surface area contributed by atoms with Crippen LogP contribution in [0.3, 0.4) is 0 Å². The van der Waals surface area contributed by atoms with Crippen molar-refractivity contribution in [3.63, 3.8) is 0 Å². The maximum Gasteiger partial charge on any atom is 0.276 e. The second-order valence-electron chi connectivity index (χ2n) is 6.79. The zero-order valence-corrected chi connectivity index (χ0v) is 16.8. The quantitative estimate of drug-likeness (QED) is 0.666. The Hall–Kier alpha value is -3.47. The van der Waals surface area contributed by atoms with Gasteiger partial charge in [-0.05, 0) is 55.7 Å². The van der Waals surface area contributed by atoms with Gasteiger partial charge in [-0.25, -0.2) is 4.98 Å². The van der Waals surface area contributed by atoms with Crippen molar-refractivity contribution < 1.29 is 9.59 Å². The van der Waals surface area contributed by atoms with Gasteiger partial charge in [0.1, 0.15) is 11.4 Å². The molecule has 3 rings (SSSR count). The SMILES string of the molecule is CCN(C(=O)c1cccc(C(=O)NCCc2ccccc2)n1)c1cccc(C)c1. The number of amides is 2. The highest BCUT2D eigenvalue weighted by Crippen LogP contribution is 2.18. The van der Waals surface area contributed by atoms with Gasteiger partial charge < -0.3 is 10.2 Å². The van der Waals surface area contributed by atoms with Crippen molar-refractivity contribution in [3.8, 4) is 0 Å². The first-order valence-corrected chi connectivity index (χ1v) is 9.76. The van der Waals surface area contributed by atoms with Crippen molar-refractivity contribution in [1.29, 1.82) is 0 Å². The van der Waals surface area contributed by atoms with Crippen LogP contribution in [0.4, 0.5) is 5.69 Å². The van der Waals surface area contributed by atoms with E-state index < -0.39 is 0 Å². The minimum absolute atomic E-state index is 0.225. The Morgan fingerprint density at radius 2 is 1.66 bits per heavy atom. The molecule has 0 aliphatic carbocycles. The maximum atomic E-state index is 13.0. The topological polar surface area (TPSA) is 62.3 Å². The average Bonchev–Trinajstić information content (AvgIpc) is 2.75. The van der Waals surface area contributed by atoms with E-state index in [1.807, 2.05) is 68.4 Å². The normalized spacial score (nSPS) is 10.4. The summed E-state index contributed by atoms with van der Waals surface area (Å²) in [7, 11) is 0. The number of benzene rings is 2. The largest absolute Gasteiger partial charge is 0.350 e. The summed E-state index contributed by atoms with van der Waals surface area (Å²) in [4.78, 5) is 31.4. The van der Waals surface area contributed by atoms with Gasteiger partial charge in [0, 0.05) is 18.8 Å². The molecule has 2 aromatic carbocycles. The molecule has 0 unspecified atom stereocenters. The van der Waals surface area contributed by atoms with Gasteiger partial charge in [0.15, 0.2) is 0 Å². The molecule has 0 aliphatic heterocycles. The van der Waals surface area contributed by atoms with Crippen molar-refractivity contribution in [2.75, 3.05) is 18.0 Å². The van der Waals surface area contributed by atoms with Gasteiger partial charge in [-0.15, -0.1) is 0 Å². The molecule has 1 N–H and O–H groups in total. The molecule has 0 spiro atoms. The lowest BCUT2D eigenvalue weighted by molar-refractivity contribution is 0.0948. The fourth-order valence-electron chi connectivity index (χ4n) is 3.11. The number of nitrogens with one attached hydrogen (secondary N) is 1. The molecule has 3 aromatic rings. The van der Waals surface area contributed by atoms with E-state index in [1.165, 1.54) is 0 Å². The summed E-state index contributed by atoms with van der Waals surface area (Å²) < 4.78 is 0. The lowest BCUT2D eigenvalue weighted by Gasteiger charge is -2.21. The molecule has 0 radical (unpaired) electrons. The molecule has 0 fully saturated rings. The highest BCUT2D eigenvalue weighted by Gasteiger charge is 2.19. The molecular formula is C24H25N3O2. The summed E-state index contributed by atoms with van der Waals surface area (Å²) in [6, 6.07) is 22.7. The van der Waals surface area contributed by atoms with E-state index in [2.05, 4.69) is 10.3 Å². The number of aromatic nitrogens is 1. The summed E-state index contributed by atoms with van der Waals surface area (Å²) in [5, 5.41) is 2.87. The number of aryl methyl sites for hydroxylation is 1. The van der Waals surface area contributed by atoms with E-state index in [-0.39, 0.29) is 23.2 Å². The molecule has 1 heterocycles. The number of pyridine rings is 1. The zero-order chi connectivity index (χ0) is 20.6. The zero-order valence-electron chi connectivity index (χ0n) is 16.8. The van der Waals surface area contributed by atoms with Crippen LogP contribution in [-0.2, 0) is 6.42 Å². The minimum Gasteiger partial charge on any atom is -0.350 e. The monoisotopic (exact) mass is 387 g/mol. The van der Waals surface area contributed by atoms with E-state index >= 15 is 0 Å². The van der Waals surface area contributed by atoms with Crippen LogP contribution in [-0.4, -0.2) is 29.9 Å².